The minimum absolute atomic E-state index is 0.0170. The van der Waals surface area contributed by atoms with Crippen molar-refractivity contribution < 1.29 is 43.2 Å². The molecular formula is C42H52N12O9. The third kappa shape index (κ3) is 14.5. The van der Waals surface area contributed by atoms with E-state index in [9.17, 15) is 43.2 Å². The molecule has 0 saturated carbocycles. The molecule has 5 atom stereocenters. The number of hydrogen-bond donors (Lipinski definition) is 11. The van der Waals surface area contributed by atoms with Crippen LogP contribution in [0, 0.1) is 0 Å². The molecule has 1 saturated heterocycles. The summed E-state index contributed by atoms with van der Waals surface area (Å²) in [6.07, 6.45) is 4.02. The van der Waals surface area contributed by atoms with Crippen LogP contribution in [0.5, 0.6) is 0 Å². The largest absolute Gasteiger partial charge is 0.368 e. The number of hydrogen-bond acceptors (Lipinski definition) is 10. The zero-order valence-corrected chi connectivity index (χ0v) is 34.6. The topological polar surface area (TPSA) is 320 Å². The molecule has 21 nitrogen and oxygen atoms in total. The second kappa shape index (κ2) is 22.9. The second-order valence-electron chi connectivity index (χ2n) is 15.0. The summed E-state index contributed by atoms with van der Waals surface area (Å²) in [5, 5.41) is 21.4. The summed E-state index contributed by atoms with van der Waals surface area (Å²) >= 11 is 0. The molecule has 1 fully saturated rings. The van der Waals surface area contributed by atoms with Crippen LogP contribution in [-0.4, -0.2) is 118 Å². The third-order valence-corrected chi connectivity index (χ3v) is 10.2. The van der Waals surface area contributed by atoms with Gasteiger partial charge in [-0.1, -0.05) is 48.5 Å². The van der Waals surface area contributed by atoms with Crippen molar-refractivity contribution in [2.45, 2.75) is 82.1 Å². The Bertz CT molecular complexity index is 2260. The van der Waals surface area contributed by atoms with Gasteiger partial charge in [-0.15, -0.1) is 0 Å². The molecule has 2 aromatic heterocycles. The zero-order valence-electron chi connectivity index (χ0n) is 34.6. The number of primary amides is 1. The van der Waals surface area contributed by atoms with Gasteiger partial charge in [0.15, 0.2) is 0 Å². The van der Waals surface area contributed by atoms with Crippen molar-refractivity contribution in [1.29, 1.82) is 0 Å². The summed E-state index contributed by atoms with van der Waals surface area (Å²) in [7, 11) is 0. The molecule has 1 aliphatic heterocycles. The van der Waals surface area contributed by atoms with Crippen molar-refractivity contribution in [2.75, 3.05) is 19.6 Å². The van der Waals surface area contributed by atoms with E-state index in [1.54, 1.807) is 36.5 Å². The molecule has 3 heterocycles. The van der Waals surface area contributed by atoms with Gasteiger partial charge in [0.25, 0.3) is 0 Å². The van der Waals surface area contributed by atoms with Gasteiger partial charge in [-0.25, -0.2) is 4.98 Å². The standard InChI is InChI=1S/C42H52N12O9/c1-24(55)46-21-36(57)51-31-13-14-35(56)45-15-7-12-30(40(61)52-32(38(43)59)17-26-19-47-29-11-6-5-10-28(26)29)50-37(58)22-48-39(60)33(16-25-8-3-2-4-9-25)53-42(63)34(54-41(31)62)18-27-20-44-23-49-27/h2-6,8-11,19-20,23,30-34,47H,7,12-18,21-22H2,1H3,(H2,43,59)(H,44,49)(H,45,56)(H,46,55)(H,48,60)(H,50,58)(H,51,57)(H,52,61)(H,53,63)(H,54,62)/t30-,31-,32-,33+,34-/m0/s1. The molecule has 12 N–H and O–H groups in total. The Morgan fingerprint density at radius 2 is 1.56 bits per heavy atom. The molecule has 0 radical (unpaired) electrons. The SMILES string of the molecule is CC(=O)NCC(=O)N[C@H]1CCC(=O)NCCC[C@@H](C(=O)N[C@@H](Cc2c[nH]c3ccccc23)C(N)=O)NC(=O)CNC(=O)[C@@H](Cc2ccccc2)NC(=O)[C@H](Cc2cnc[nH]2)NC1=O. The van der Waals surface area contributed by atoms with Crippen molar-refractivity contribution in [3.8, 4) is 0 Å². The number of benzene rings is 2. The highest BCUT2D eigenvalue weighted by atomic mass is 16.2. The van der Waals surface area contributed by atoms with Crippen molar-refractivity contribution >= 4 is 64.1 Å². The summed E-state index contributed by atoms with van der Waals surface area (Å²) in [5.41, 5.74) is 8.35. The first-order valence-corrected chi connectivity index (χ1v) is 20.4. The molecule has 21 heteroatoms. The average Bonchev–Trinajstić information content (AvgIpc) is 3.93. The number of carbonyl (C=O) groups is 9. The Morgan fingerprint density at radius 3 is 2.29 bits per heavy atom. The Hall–Kier alpha value is -7.58. The zero-order chi connectivity index (χ0) is 45.3. The van der Waals surface area contributed by atoms with E-state index < -0.39 is 96.5 Å². The summed E-state index contributed by atoms with van der Waals surface area (Å²) in [6.45, 7) is 0.141. The number of aromatic nitrogens is 3. The van der Waals surface area contributed by atoms with Gasteiger partial charge in [0, 0.05) is 68.1 Å². The van der Waals surface area contributed by atoms with Crippen LogP contribution in [0.4, 0.5) is 0 Å². The lowest BCUT2D eigenvalue weighted by Gasteiger charge is -2.26. The van der Waals surface area contributed by atoms with Gasteiger partial charge in [0.05, 0.1) is 19.4 Å². The van der Waals surface area contributed by atoms with Gasteiger partial charge in [0.1, 0.15) is 30.2 Å². The maximum absolute atomic E-state index is 14.1. The monoisotopic (exact) mass is 868 g/mol. The molecule has 9 amide bonds. The minimum Gasteiger partial charge on any atom is -0.368 e. The number of carbonyl (C=O) groups excluding carboxylic acids is 9. The molecule has 0 unspecified atom stereocenters. The van der Waals surface area contributed by atoms with Crippen molar-refractivity contribution in [3.05, 3.63) is 90.1 Å². The van der Waals surface area contributed by atoms with Crippen LogP contribution in [0.25, 0.3) is 10.9 Å². The van der Waals surface area contributed by atoms with Crippen LogP contribution in [0.2, 0.25) is 0 Å². The third-order valence-electron chi connectivity index (χ3n) is 10.2. The average molecular weight is 869 g/mol. The van der Waals surface area contributed by atoms with E-state index in [4.69, 9.17) is 5.73 Å². The fraction of sp³-hybridized carbons (Fsp3) is 0.381. The summed E-state index contributed by atoms with van der Waals surface area (Å²) in [5.74, 6) is -6.47. The highest BCUT2D eigenvalue weighted by Gasteiger charge is 2.32. The van der Waals surface area contributed by atoms with Gasteiger partial charge >= 0.3 is 0 Å². The van der Waals surface area contributed by atoms with Crippen LogP contribution < -0.4 is 48.3 Å². The smallest absolute Gasteiger partial charge is 0.243 e. The predicted octanol–water partition coefficient (Wildman–Crippen LogP) is -2.23. The molecule has 5 rings (SSSR count). The number of amides is 9. The molecule has 2 aromatic carbocycles. The molecule has 0 aliphatic carbocycles. The lowest BCUT2D eigenvalue weighted by molar-refractivity contribution is -0.134. The molecule has 0 spiro atoms. The van der Waals surface area contributed by atoms with E-state index in [1.807, 2.05) is 24.3 Å². The summed E-state index contributed by atoms with van der Waals surface area (Å²) < 4.78 is 0. The minimum atomic E-state index is -1.35. The van der Waals surface area contributed by atoms with Crippen LogP contribution >= 0.6 is 0 Å². The van der Waals surface area contributed by atoms with E-state index in [2.05, 4.69) is 57.5 Å². The first-order chi connectivity index (χ1) is 30.2. The lowest BCUT2D eigenvalue weighted by Crippen LogP contribution is -2.59. The maximum atomic E-state index is 14.1. The molecule has 1 aliphatic rings. The van der Waals surface area contributed by atoms with Crippen molar-refractivity contribution in [2.24, 2.45) is 5.73 Å². The van der Waals surface area contributed by atoms with E-state index in [0.717, 1.165) is 16.5 Å². The van der Waals surface area contributed by atoms with Crippen molar-refractivity contribution in [3.63, 3.8) is 0 Å². The summed E-state index contributed by atoms with van der Waals surface area (Å²) in [6, 6.07) is 9.70. The van der Waals surface area contributed by atoms with E-state index >= 15 is 0 Å². The van der Waals surface area contributed by atoms with E-state index in [0.29, 0.717) is 11.3 Å². The number of H-pyrrole nitrogens is 2. The number of fused-ring (bicyclic) bond motifs is 1. The normalized spacial score (nSPS) is 20.1. The summed E-state index contributed by atoms with van der Waals surface area (Å²) in [4.78, 5) is 129. The first-order valence-electron chi connectivity index (χ1n) is 20.4. The number of imidazole rings is 1. The Balaban J connectivity index is 1.39. The fourth-order valence-corrected chi connectivity index (χ4v) is 6.87. The molecule has 334 valence electrons. The van der Waals surface area contributed by atoms with Crippen LogP contribution in [0.1, 0.15) is 49.4 Å². The first kappa shape index (κ1) is 46.5. The Morgan fingerprint density at radius 1 is 0.825 bits per heavy atom. The molecule has 0 bridgehead atoms. The maximum Gasteiger partial charge on any atom is 0.243 e. The highest BCUT2D eigenvalue weighted by molar-refractivity contribution is 5.97. The molecule has 4 aromatic rings. The van der Waals surface area contributed by atoms with Gasteiger partial charge in [0.2, 0.25) is 53.2 Å². The quantitative estimate of drug-likeness (QED) is 0.0728. The van der Waals surface area contributed by atoms with Gasteiger partial charge in [-0.05, 0) is 36.5 Å². The van der Waals surface area contributed by atoms with Crippen LogP contribution in [0.3, 0.4) is 0 Å². The molecule has 63 heavy (non-hydrogen) atoms. The Labute approximate surface area is 361 Å². The number of nitrogens with zero attached hydrogens (tertiary/aromatic N) is 1. The number of nitrogens with one attached hydrogen (secondary N) is 10. The van der Waals surface area contributed by atoms with Gasteiger partial charge in [-0.3, -0.25) is 43.2 Å². The Kier molecular flexibility index (Phi) is 16.9. The van der Waals surface area contributed by atoms with Gasteiger partial charge < -0.3 is 58.2 Å². The number of para-hydroxylation sites is 1. The van der Waals surface area contributed by atoms with E-state index in [1.165, 1.54) is 19.4 Å². The number of nitrogens with two attached hydrogens (primary N) is 1. The van der Waals surface area contributed by atoms with Crippen LogP contribution in [-0.2, 0) is 62.4 Å². The fourth-order valence-electron chi connectivity index (χ4n) is 6.87. The second-order valence-corrected chi connectivity index (χ2v) is 15.0. The molecular weight excluding hydrogens is 817 g/mol. The van der Waals surface area contributed by atoms with Crippen molar-refractivity contribution in [1.82, 2.24) is 57.5 Å². The van der Waals surface area contributed by atoms with E-state index in [-0.39, 0.29) is 51.5 Å². The highest BCUT2D eigenvalue weighted by Crippen LogP contribution is 2.19. The lowest BCUT2D eigenvalue weighted by atomic mass is 10.0. The van der Waals surface area contributed by atoms with Gasteiger partial charge in [-0.2, -0.15) is 0 Å². The predicted molar refractivity (Wildman–Crippen MR) is 226 cm³/mol. The number of rotatable bonds is 12. The van der Waals surface area contributed by atoms with Crippen LogP contribution in [0.15, 0.2) is 73.3 Å². The number of aromatic amines is 2.